The first kappa shape index (κ1) is 16.0. The lowest BCUT2D eigenvalue weighted by Crippen LogP contribution is -2.28. The molecule has 0 atom stereocenters. The summed E-state index contributed by atoms with van der Waals surface area (Å²) in [7, 11) is 2.07. The summed E-state index contributed by atoms with van der Waals surface area (Å²) >= 11 is 2.86. The average molecular weight is 344 g/mol. The van der Waals surface area contributed by atoms with Crippen molar-refractivity contribution in [3.8, 4) is 16.5 Å². The van der Waals surface area contributed by atoms with Crippen molar-refractivity contribution in [2.24, 2.45) is 5.73 Å². The van der Waals surface area contributed by atoms with Gasteiger partial charge in [-0.25, -0.2) is 4.98 Å². The van der Waals surface area contributed by atoms with E-state index in [1.165, 1.54) is 11.8 Å². The highest BCUT2D eigenvalue weighted by Gasteiger charge is 2.25. The van der Waals surface area contributed by atoms with E-state index in [-0.39, 0.29) is 5.75 Å². The molecule has 0 aromatic carbocycles. The Bertz CT molecular complexity index is 780. The van der Waals surface area contributed by atoms with E-state index in [2.05, 4.69) is 23.0 Å². The molecule has 5 nitrogen and oxygen atoms in total. The summed E-state index contributed by atoms with van der Waals surface area (Å²) in [5, 5.41) is 12.3. The first-order chi connectivity index (χ1) is 11.1. The van der Waals surface area contributed by atoms with Gasteiger partial charge in [-0.1, -0.05) is 17.8 Å². The van der Waals surface area contributed by atoms with Crippen molar-refractivity contribution in [2.75, 3.05) is 19.3 Å². The number of pyridine rings is 1. The van der Waals surface area contributed by atoms with Gasteiger partial charge in [0.2, 0.25) is 5.91 Å². The van der Waals surface area contributed by atoms with Crippen LogP contribution in [0.25, 0.3) is 10.4 Å². The molecule has 1 aliphatic heterocycles. The van der Waals surface area contributed by atoms with E-state index in [1.54, 1.807) is 11.3 Å². The maximum atomic E-state index is 11.1. The van der Waals surface area contributed by atoms with E-state index in [1.807, 2.05) is 17.5 Å². The number of nitriles is 1. The highest BCUT2D eigenvalue weighted by atomic mass is 32.2. The Morgan fingerprint density at radius 2 is 2.43 bits per heavy atom. The van der Waals surface area contributed by atoms with Gasteiger partial charge in [0.1, 0.15) is 11.1 Å². The topological polar surface area (TPSA) is 83.0 Å². The molecule has 0 fully saturated rings. The minimum Gasteiger partial charge on any atom is -0.369 e. The lowest BCUT2D eigenvalue weighted by molar-refractivity contribution is -0.115. The van der Waals surface area contributed by atoms with Gasteiger partial charge in [0.15, 0.2) is 0 Å². The Balaban J connectivity index is 2.19. The number of rotatable bonds is 4. The molecule has 2 aromatic rings. The molecule has 7 heteroatoms. The molecule has 3 rings (SSSR count). The van der Waals surface area contributed by atoms with Gasteiger partial charge >= 0.3 is 0 Å². The molecular weight excluding hydrogens is 328 g/mol. The van der Waals surface area contributed by atoms with Crippen LogP contribution in [0.5, 0.6) is 0 Å². The first-order valence-electron chi connectivity index (χ1n) is 7.19. The fourth-order valence-corrected chi connectivity index (χ4v) is 4.26. The van der Waals surface area contributed by atoms with Crippen LogP contribution in [0.2, 0.25) is 0 Å². The molecule has 0 radical (unpaired) electrons. The van der Waals surface area contributed by atoms with Crippen molar-refractivity contribution in [1.29, 1.82) is 5.26 Å². The maximum Gasteiger partial charge on any atom is 0.227 e. The molecule has 0 saturated heterocycles. The second-order valence-corrected chi connectivity index (χ2v) is 7.34. The van der Waals surface area contributed by atoms with Gasteiger partial charge in [-0.2, -0.15) is 5.26 Å². The van der Waals surface area contributed by atoms with Gasteiger partial charge in [-0.05, 0) is 24.1 Å². The minimum absolute atomic E-state index is 0.129. The summed E-state index contributed by atoms with van der Waals surface area (Å²) < 4.78 is 0. The molecule has 2 N–H and O–H groups in total. The smallest absolute Gasteiger partial charge is 0.227 e. The predicted octanol–water partition coefficient (Wildman–Crippen LogP) is 2.25. The predicted molar refractivity (Wildman–Crippen MR) is 92.2 cm³/mol. The van der Waals surface area contributed by atoms with Crippen LogP contribution in [-0.2, 0) is 17.8 Å². The van der Waals surface area contributed by atoms with E-state index < -0.39 is 5.91 Å². The fraction of sp³-hybridized carbons (Fsp3) is 0.312. The maximum absolute atomic E-state index is 11.1. The zero-order valence-electron chi connectivity index (χ0n) is 12.7. The van der Waals surface area contributed by atoms with Crippen molar-refractivity contribution in [3.63, 3.8) is 0 Å². The second kappa shape index (κ2) is 6.71. The average Bonchev–Trinajstić information content (AvgIpc) is 3.05. The number of hydrogen-bond acceptors (Lipinski definition) is 6. The minimum atomic E-state index is -0.407. The van der Waals surface area contributed by atoms with Crippen LogP contribution in [-0.4, -0.2) is 35.1 Å². The number of thioether (sulfide) groups is 1. The summed E-state index contributed by atoms with van der Waals surface area (Å²) in [6.07, 6.45) is 0.847. The molecular formula is C16H16N4OS2. The van der Waals surface area contributed by atoms with Gasteiger partial charge in [-0.15, -0.1) is 11.3 Å². The van der Waals surface area contributed by atoms with Gasteiger partial charge < -0.3 is 10.6 Å². The first-order valence-corrected chi connectivity index (χ1v) is 9.06. The number of fused-ring (bicyclic) bond motifs is 1. The number of hydrogen-bond donors (Lipinski definition) is 1. The Morgan fingerprint density at radius 3 is 3.09 bits per heavy atom. The van der Waals surface area contributed by atoms with E-state index in [0.717, 1.165) is 41.2 Å². The standard InChI is InChI=1S/C16H16N4OS2/c1-20-5-4-12-11(8-20)15(13-3-2-6-22-13)10(7-17)16(19-12)23-9-14(18)21/h2-3,6H,4-5,8-9H2,1H3,(H2,18,21). The Hall–Kier alpha value is -1.88. The summed E-state index contributed by atoms with van der Waals surface area (Å²) in [5.41, 5.74) is 8.91. The van der Waals surface area contributed by atoms with Crippen LogP contribution >= 0.6 is 23.1 Å². The number of amides is 1. The number of carbonyl (C=O) groups excluding carboxylic acids is 1. The summed E-state index contributed by atoms with van der Waals surface area (Å²) in [5.74, 6) is -0.277. The Kier molecular flexibility index (Phi) is 4.66. The van der Waals surface area contributed by atoms with E-state index in [9.17, 15) is 10.1 Å². The van der Waals surface area contributed by atoms with Gasteiger partial charge in [-0.3, -0.25) is 4.79 Å². The number of primary amides is 1. The van der Waals surface area contributed by atoms with Crippen LogP contribution in [0, 0.1) is 11.3 Å². The third-order valence-electron chi connectivity index (χ3n) is 3.74. The van der Waals surface area contributed by atoms with Crippen LogP contribution in [0.15, 0.2) is 22.5 Å². The van der Waals surface area contributed by atoms with E-state index >= 15 is 0 Å². The molecule has 0 spiro atoms. The zero-order chi connectivity index (χ0) is 16.4. The number of nitrogens with two attached hydrogens (primary N) is 1. The highest BCUT2D eigenvalue weighted by Crippen LogP contribution is 2.38. The van der Waals surface area contributed by atoms with Crippen LogP contribution in [0.3, 0.4) is 0 Å². The molecule has 3 heterocycles. The van der Waals surface area contributed by atoms with Gasteiger partial charge in [0.05, 0.1) is 11.3 Å². The van der Waals surface area contributed by atoms with Crippen molar-refractivity contribution in [3.05, 3.63) is 34.3 Å². The normalized spacial score (nSPS) is 14.3. The molecule has 0 aliphatic carbocycles. The number of likely N-dealkylation sites (N-methyl/N-ethyl adjacent to an activating group) is 1. The monoisotopic (exact) mass is 344 g/mol. The molecule has 118 valence electrons. The zero-order valence-corrected chi connectivity index (χ0v) is 14.3. The van der Waals surface area contributed by atoms with Crippen molar-refractivity contribution < 1.29 is 4.79 Å². The van der Waals surface area contributed by atoms with E-state index in [4.69, 9.17) is 5.73 Å². The van der Waals surface area contributed by atoms with Crippen molar-refractivity contribution in [1.82, 2.24) is 9.88 Å². The molecule has 1 aliphatic rings. The highest BCUT2D eigenvalue weighted by molar-refractivity contribution is 8.00. The molecule has 0 bridgehead atoms. The lowest BCUT2D eigenvalue weighted by atomic mass is 9.96. The Morgan fingerprint density at radius 1 is 1.61 bits per heavy atom. The lowest BCUT2D eigenvalue weighted by Gasteiger charge is -2.27. The fourth-order valence-electron chi connectivity index (χ4n) is 2.71. The largest absolute Gasteiger partial charge is 0.369 e. The van der Waals surface area contributed by atoms with Crippen LogP contribution in [0.4, 0.5) is 0 Å². The number of aromatic nitrogens is 1. The van der Waals surface area contributed by atoms with Crippen LogP contribution < -0.4 is 5.73 Å². The van der Waals surface area contributed by atoms with Gasteiger partial charge in [0, 0.05) is 35.6 Å². The second-order valence-electron chi connectivity index (χ2n) is 5.42. The molecule has 2 aromatic heterocycles. The molecule has 0 unspecified atom stereocenters. The van der Waals surface area contributed by atoms with Crippen LogP contribution in [0.1, 0.15) is 16.8 Å². The summed E-state index contributed by atoms with van der Waals surface area (Å²) in [6, 6.07) is 6.30. The van der Waals surface area contributed by atoms with E-state index in [0.29, 0.717) is 10.6 Å². The summed E-state index contributed by atoms with van der Waals surface area (Å²) in [4.78, 5) is 19.1. The third kappa shape index (κ3) is 3.24. The molecule has 1 amide bonds. The quantitative estimate of drug-likeness (QED) is 0.860. The van der Waals surface area contributed by atoms with Crippen molar-refractivity contribution >= 4 is 29.0 Å². The van der Waals surface area contributed by atoms with Gasteiger partial charge in [0.25, 0.3) is 0 Å². The SMILES string of the molecule is CN1CCc2nc(SCC(N)=O)c(C#N)c(-c3cccs3)c2C1. The summed E-state index contributed by atoms with van der Waals surface area (Å²) in [6.45, 7) is 1.72. The third-order valence-corrected chi connectivity index (χ3v) is 5.62. The Labute approximate surface area is 143 Å². The molecule has 23 heavy (non-hydrogen) atoms. The van der Waals surface area contributed by atoms with Crippen molar-refractivity contribution in [2.45, 2.75) is 18.0 Å². The number of carbonyl (C=O) groups is 1. The molecule has 0 saturated carbocycles. The number of thiophene rings is 1. The number of nitrogens with zero attached hydrogens (tertiary/aromatic N) is 3.